The number of carbonyl (C=O) groups is 1. The third-order valence-corrected chi connectivity index (χ3v) is 3.76. The molecule has 0 bridgehead atoms. The lowest BCUT2D eigenvalue weighted by Crippen LogP contribution is -2.25. The van der Waals surface area contributed by atoms with E-state index in [1.54, 1.807) is 34.1 Å². The molecule has 8 heteroatoms. The van der Waals surface area contributed by atoms with Crippen molar-refractivity contribution in [3.8, 4) is 5.69 Å². The number of aromatic nitrogens is 6. The Balaban J connectivity index is 1.38. The Morgan fingerprint density at radius 3 is 2.84 bits per heavy atom. The average molecular weight is 333 g/mol. The molecule has 0 radical (unpaired) electrons. The van der Waals surface area contributed by atoms with Gasteiger partial charge in [-0.05, 0) is 12.1 Å². The Kier molecular flexibility index (Phi) is 3.91. The summed E-state index contributed by atoms with van der Waals surface area (Å²) in [6, 6.07) is 9.68. The molecule has 3 aromatic heterocycles. The van der Waals surface area contributed by atoms with Crippen LogP contribution in [0.3, 0.4) is 0 Å². The number of hydrogen-bond donors (Lipinski definition) is 1. The Hall–Kier alpha value is -3.55. The van der Waals surface area contributed by atoms with Gasteiger partial charge in [0.2, 0.25) is 0 Å². The minimum absolute atomic E-state index is 0.182. The van der Waals surface area contributed by atoms with E-state index >= 15 is 0 Å². The molecular formula is C17H15N7O. The maximum atomic E-state index is 12.3. The summed E-state index contributed by atoms with van der Waals surface area (Å²) in [6.07, 6.45) is 8.78. The highest BCUT2D eigenvalue weighted by Crippen LogP contribution is 2.08. The maximum absolute atomic E-state index is 12.3. The van der Waals surface area contributed by atoms with Gasteiger partial charge in [0.25, 0.3) is 5.91 Å². The van der Waals surface area contributed by atoms with Gasteiger partial charge in [-0.25, -0.2) is 4.52 Å². The highest BCUT2D eigenvalue weighted by molar-refractivity contribution is 6.00. The first-order valence-electron chi connectivity index (χ1n) is 7.83. The first-order valence-corrected chi connectivity index (χ1v) is 7.83. The molecule has 25 heavy (non-hydrogen) atoms. The van der Waals surface area contributed by atoms with E-state index in [1.165, 1.54) is 6.20 Å². The molecular weight excluding hydrogens is 318 g/mol. The molecule has 0 saturated carbocycles. The molecule has 0 atom stereocenters. The number of benzene rings is 1. The molecule has 4 aromatic rings. The largest absolute Gasteiger partial charge is 0.352 e. The molecule has 0 unspecified atom stereocenters. The molecule has 1 N–H and O–H groups in total. The van der Waals surface area contributed by atoms with Crippen molar-refractivity contribution in [2.45, 2.75) is 6.42 Å². The van der Waals surface area contributed by atoms with Crippen molar-refractivity contribution in [2.75, 3.05) is 6.54 Å². The Morgan fingerprint density at radius 1 is 1.08 bits per heavy atom. The number of nitrogens with one attached hydrogen (secondary N) is 1. The lowest BCUT2D eigenvalue weighted by atomic mass is 10.2. The van der Waals surface area contributed by atoms with Gasteiger partial charge in [-0.3, -0.25) is 9.78 Å². The zero-order valence-electron chi connectivity index (χ0n) is 13.3. The van der Waals surface area contributed by atoms with Crippen LogP contribution in [0.15, 0.2) is 61.3 Å². The molecule has 1 aromatic carbocycles. The molecule has 0 fully saturated rings. The van der Waals surface area contributed by atoms with Crippen molar-refractivity contribution in [3.05, 3.63) is 72.6 Å². The van der Waals surface area contributed by atoms with Crippen LogP contribution in [0.1, 0.15) is 16.1 Å². The second-order valence-electron chi connectivity index (χ2n) is 5.43. The van der Waals surface area contributed by atoms with Crippen molar-refractivity contribution in [1.29, 1.82) is 0 Å². The number of carbonyl (C=O) groups excluding carboxylic acids is 1. The molecule has 0 spiro atoms. The summed E-state index contributed by atoms with van der Waals surface area (Å²) >= 11 is 0. The van der Waals surface area contributed by atoms with E-state index in [0.29, 0.717) is 24.0 Å². The van der Waals surface area contributed by atoms with E-state index in [0.717, 1.165) is 11.4 Å². The summed E-state index contributed by atoms with van der Waals surface area (Å²) in [5.74, 6) is -0.182. The molecule has 1 amide bonds. The van der Waals surface area contributed by atoms with E-state index in [2.05, 4.69) is 25.6 Å². The lowest BCUT2D eigenvalue weighted by molar-refractivity contribution is 0.0955. The van der Waals surface area contributed by atoms with Crippen molar-refractivity contribution >= 4 is 11.4 Å². The summed E-state index contributed by atoms with van der Waals surface area (Å²) in [5.41, 5.74) is 2.89. The molecule has 4 rings (SSSR count). The smallest absolute Gasteiger partial charge is 0.255 e. The molecule has 0 saturated heterocycles. The number of hydrogen-bond acceptors (Lipinski definition) is 5. The third kappa shape index (κ3) is 3.09. The summed E-state index contributed by atoms with van der Waals surface area (Å²) in [6.45, 7) is 0.462. The van der Waals surface area contributed by atoms with Crippen molar-refractivity contribution in [3.63, 3.8) is 0 Å². The number of nitrogens with zero attached hydrogens (tertiary/aromatic N) is 6. The molecule has 0 aliphatic heterocycles. The normalized spacial score (nSPS) is 10.9. The fraction of sp³-hybridized carbons (Fsp3) is 0.118. The van der Waals surface area contributed by atoms with Crippen LogP contribution in [-0.4, -0.2) is 42.0 Å². The number of fused-ring (bicyclic) bond motifs is 1. The van der Waals surface area contributed by atoms with Gasteiger partial charge in [-0.15, -0.1) is 0 Å². The van der Waals surface area contributed by atoms with Gasteiger partial charge in [0, 0.05) is 25.4 Å². The minimum atomic E-state index is -0.182. The second-order valence-corrected chi connectivity index (χ2v) is 5.43. The average Bonchev–Trinajstić information content (AvgIpc) is 3.29. The van der Waals surface area contributed by atoms with Gasteiger partial charge < -0.3 is 5.32 Å². The fourth-order valence-corrected chi connectivity index (χ4v) is 2.50. The van der Waals surface area contributed by atoms with Crippen molar-refractivity contribution in [1.82, 2.24) is 34.9 Å². The Bertz CT molecular complexity index is 1010. The molecule has 0 aliphatic rings. The zero-order valence-corrected chi connectivity index (χ0v) is 13.3. The van der Waals surface area contributed by atoms with Gasteiger partial charge in [0.15, 0.2) is 0 Å². The third-order valence-electron chi connectivity index (χ3n) is 3.76. The van der Waals surface area contributed by atoms with Crippen LogP contribution in [0.5, 0.6) is 0 Å². The van der Waals surface area contributed by atoms with E-state index in [9.17, 15) is 4.79 Å². The van der Waals surface area contributed by atoms with Crippen LogP contribution in [-0.2, 0) is 6.42 Å². The number of amides is 1. The first-order chi connectivity index (χ1) is 12.3. The Labute approximate surface area is 143 Å². The highest BCUT2D eigenvalue weighted by Gasteiger charge is 2.12. The van der Waals surface area contributed by atoms with Crippen LogP contribution in [0.4, 0.5) is 0 Å². The molecule has 0 aliphatic carbocycles. The van der Waals surface area contributed by atoms with Crippen LogP contribution >= 0.6 is 0 Å². The summed E-state index contributed by atoms with van der Waals surface area (Å²) in [7, 11) is 0. The fourth-order valence-electron chi connectivity index (χ4n) is 2.50. The van der Waals surface area contributed by atoms with E-state index in [-0.39, 0.29) is 5.91 Å². The minimum Gasteiger partial charge on any atom is -0.352 e. The Morgan fingerprint density at radius 2 is 1.96 bits per heavy atom. The predicted molar refractivity (Wildman–Crippen MR) is 90.4 cm³/mol. The summed E-state index contributed by atoms with van der Waals surface area (Å²) in [5, 5.41) is 15.7. The van der Waals surface area contributed by atoms with Gasteiger partial charge >= 0.3 is 0 Å². The number of para-hydroxylation sites is 1. The standard InChI is InChI=1S/C17H15N7O/c25-17(15-11-20-23-9-8-18-12-16(15)23)19-7-6-13-10-21-24(22-13)14-4-2-1-3-5-14/h1-5,8-12H,6-7H2,(H,19,25). The summed E-state index contributed by atoms with van der Waals surface area (Å²) in [4.78, 5) is 17.9. The van der Waals surface area contributed by atoms with Crippen LogP contribution < -0.4 is 5.32 Å². The van der Waals surface area contributed by atoms with E-state index in [1.807, 2.05) is 30.3 Å². The molecule has 3 heterocycles. The molecule has 8 nitrogen and oxygen atoms in total. The molecule has 124 valence electrons. The monoisotopic (exact) mass is 333 g/mol. The lowest BCUT2D eigenvalue weighted by Gasteiger charge is -2.02. The number of rotatable bonds is 5. The predicted octanol–water partition coefficient (Wildman–Crippen LogP) is 1.28. The van der Waals surface area contributed by atoms with Gasteiger partial charge in [-0.2, -0.15) is 20.1 Å². The van der Waals surface area contributed by atoms with Crippen LogP contribution in [0.2, 0.25) is 0 Å². The topological polar surface area (TPSA) is 90.0 Å². The van der Waals surface area contributed by atoms with Gasteiger partial charge in [-0.1, -0.05) is 18.2 Å². The van der Waals surface area contributed by atoms with E-state index in [4.69, 9.17) is 0 Å². The van der Waals surface area contributed by atoms with E-state index < -0.39 is 0 Å². The van der Waals surface area contributed by atoms with Crippen LogP contribution in [0.25, 0.3) is 11.2 Å². The second kappa shape index (κ2) is 6.52. The summed E-state index contributed by atoms with van der Waals surface area (Å²) < 4.78 is 1.62. The highest BCUT2D eigenvalue weighted by atomic mass is 16.1. The maximum Gasteiger partial charge on any atom is 0.255 e. The quantitative estimate of drug-likeness (QED) is 0.594. The van der Waals surface area contributed by atoms with Crippen molar-refractivity contribution < 1.29 is 4.79 Å². The van der Waals surface area contributed by atoms with Crippen LogP contribution in [0, 0.1) is 0 Å². The van der Waals surface area contributed by atoms with Crippen molar-refractivity contribution in [2.24, 2.45) is 0 Å². The SMILES string of the molecule is O=C(NCCc1cnn(-c2ccccc2)n1)c1cnn2ccncc12. The zero-order chi connectivity index (χ0) is 17.1. The first kappa shape index (κ1) is 15.0. The van der Waals surface area contributed by atoms with Gasteiger partial charge in [0.05, 0.1) is 41.1 Å². The van der Waals surface area contributed by atoms with Gasteiger partial charge in [0.1, 0.15) is 0 Å².